The zero-order valence-electron chi connectivity index (χ0n) is 7.02. The topological polar surface area (TPSA) is 127 Å². The number of carbonyl (C=O) groups is 1. The molecule has 80 valence electrons. The van der Waals surface area contributed by atoms with Crippen LogP contribution in [0.2, 0.25) is 0 Å². The lowest BCUT2D eigenvalue weighted by Crippen LogP contribution is -2.67. The molecule has 0 amide bonds. The van der Waals surface area contributed by atoms with Crippen LogP contribution in [0.15, 0.2) is 0 Å². The first-order valence-electron chi connectivity index (χ1n) is 3.49. The van der Waals surface area contributed by atoms with Gasteiger partial charge in [-0.15, -0.1) is 0 Å². The molecule has 0 radical (unpaired) electrons. The van der Waals surface area contributed by atoms with Crippen molar-refractivity contribution in [2.24, 2.45) is 5.73 Å². The van der Waals surface area contributed by atoms with Gasteiger partial charge in [0, 0.05) is 0 Å². The van der Waals surface area contributed by atoms with Gasteiger partial charge in [0.15, 0.2) is 12.8 Å². The summed E-state index contributed by atoms with van der Waals surface area (Å²) in [5.41, 5.74) is 2.67. The fraction of sp³-hybridized carbons (Fsp3) is 0.600. The van der Waals surface area contributed by atoms with Crippen LogP contribution in [0.3, 0.4) is 0 Å². The van der Waals surface area contributed by atoms with Gasteiger partial charge in [-0.25, -0.2) is 4.79 Å². The number of hydrogen-bond donors (Lipinski definition) is 4. The van der Waals surface area contributed by atoms with Crippen LogP contribution in [0.25, 0.3) is 0 Å². The minimum Gasteiger partial charge on any atom is -0.448 e. The molecule has 14 heavy (non-hydrogen) atoms. The Morgan fingerprint density at radius 2 is 2.36 bits per heavy atom. The molecule has 1 aliphatic heterocycles. The highest BCUT2D eigenvalue weighted by atomic mass is 31.0. The van der Waals surface area contributed by atoms with Crippen LogP contribution in [0.4, 0.5) is 0 Å². The fourth-order valence-corrected chi connectivity index (χ4v) is 1.06. The van der Waals surface area contributed by atoms with Gasteiger partial charge in [0.1, 0.15) is 0 Å². The number of nitrogens with one attached hydrogen (secondary N) is 2. The van der Waals surface area contributed by atoms with Crippen LogP contribution in [0.5, 0.6) is 0 Å². The van der Waals surface area contributed by atoms with E-state index in [1.54, 1.807) is 9.47 Å². The molecule has 8 nitrogen and oxygen atoms in total. The number of aliphatic hydroxyl groups is 1. The lowest BCUT2D eigenvalue weighted by molar-refractivity contribution is -0.370. The third kappa shape index (κ3) is 1.93. The monoisotopic (exact) mass is 223 g/mol. The van der Waals surface area contributed by atoms with Crippen molar-refractivity contribution in [3.63, 3.8) is 0 Å². The van der Waals surface area contributed by atoms with Gasteiger partial charge in [-0.1, -0.05) is 0 Å². The standard InChI is InChI=1S/C5H10N3O5P/c6-4(7)8-5(10,2(9)13-14)3-11-1-12-3/h3,10H,1,14H2,(H4,6,7,8). The molecule has 1 rings (SSSR count). The Morgan fingerprint density at radius 1 is 1.79 bits per heavy atom. The SMILES string of the molecule is N=C(N)NC(O)(C(=O)OP)C1OCO1. The Balaban J connectivity index is 2.76. The maximum absolute atomic E-state index is 11.1. The van der Waals surface area contributed by atoms with E-state index in [0.717, 1.165) is 0 Å². The maximum Gasteiger partial charge on any atom is 0.367 e. The Kier molecular flexibility index (Phi) is 3.22. The summed E-state index contributed by atoms with van der Waals surface area (Å²) in [5, 5.41) is 18.6. The van der Waals surface area contributed by atoms with Crippen molar-refractivity contribution in [1.82, 2.24) is 5.32 Å². The second-order valence-electron chi connectivity index (χ2n) is 2.49. The molecule has 9 heteroatoms. The quantitative estimate of drug-likeness (QED) is 0.185. The van der Waals surface area contributed by atoms with Gasteiger partial charge in [-0.3, -0.25) is 5.41 Å². The van der Waals surface area contributed by atoms with Gasteiger partial charge in [0.2, 0.25) is 6.29 Å². The second-order valence-corrected chi connectivity index (χ2v) is 2.73. The molecule has 0 aliphatic carbocycles. The van der Waals surface area contributed by atoms with Gasteiger partial charge in [-0.2, -0.15) is 0 Å². The average molecular weight is 223 g/mol. The molecular formula is C5H10N3O5P. The van der Waals surface area contributed by atoms with E-state index in [9.17, 15) is 9.90 Å². The van der Waals surface area contributed by atoms with Crippen LogP contribution in [-0.4, -0.2) is 35.8 Å². The summed E-state index contributed by atoms with van der Waals surface area (Å²) in [6, 6.07) is 0. The van der Waals surface area contributed by atoms with Crippen LogP contribution in [0.1, 0.15) is 0 Å². The van der Waals surface area contributed by atoms with E-state index in [-0.39, 0.29) is 6.79 Å². The second kappa shape index (κ2) is 4.05. The Labute approximate surface area is 81.5 Å². The Morgan fingerprint density at radius 3 is 2.64 bits per heavy atom. The summed E-state index contributed by atoms with van der Waals surface area (Å²) in [5.74, 6) is -1.69. The first kappa shape index (κ1) is 11.1. The smallest absolute Gasteiger partial charge is 0.367 e. The molecule has 0 aromatic rings. The van der Waals surface area contributed by atoms with Gasteiger partial charge in [0.25, 0.3) is 5.72 Å². The molecule has 1 fully saturated rings. The van der Waals surface area contributed by atoms with Crippen molar-refractivity contribution in [3.8, 4) is 0 Å². The average Bonchev–Trinajstić information content (AvgIpc) is 1.97. The van der Waals surface area contributed by atoms with E-state index in [4.69, 9.17) is 20.6 Å². The van der Waals surface area contributed by atoms with E-state index < -0.39 is 23.9 Å². The number of carbonyl (C=O) groups excluding carboxylic acids is 1. The Bertz CT molecular complexity index is 258. The minimum atomic E-state index is -2.30. The van der Waals surface area contributed by atoms with Gasteiger partial charge in [-0.05, 0) is 0 Å². The molecule has 0 aromatic carbocycles. The van der Waals surface area contributed by atoms with Crippen LogP contribution < -0.4 is 11.1 Å². The highest BCUT2D eigenvalue weighted by Gasteiger charge is 2.51. The molecule has 0 spiro atoms. The number of guanidine groups is 1. The zero-order chi connectivity index (χ0) is 10.8. The van der Waals surface area contributed by atoms with Gasteiger partial charge >= 0.3 is 5.97 Å². The lowest BCUT2D eigenvalue weighted by atomic mass is 10.2. The van der Waals surface area contributed by atoms with Crippen molar-refractivity contribution < 1.29 is 23.9 Å². The first-order chi connectivity index (χ1) is 6.50. The van der Waals surface area contributed by atoms with Gasteiger partial charge < -0.3 is 30.2 Å². The number of hydrogen-bond acceptors (Lipinski definition) is 6. The summed E-state index contributed by atoms with van der Waals surface area (Å²) in [4.78, 5) is 11.1. The van der Waals surface area contributed by atoms with Crippen LogP contribution >= 0.6 is 9.47 Å². The van der Waals surface area contributed by atoms with Crippen LogP contribution in [0, 0.1) is 5.41 Å². The number of nitrogens with two attached hydrogens (primary N) is 1. The maximum atomic E-state index is 11.1. The van der Waals surface area contributed by atoms with Crippen molar-refractivity contribution in [2.45, 2.75) is 12.0 Å². The van der Waals surface area contributed by atoms with E-state index in [1.807, 2.05) is 5.32 Å². The predicted molar refractivity (Wildman–Crippen MR) is 46.6 cm³/mol. The molecule has 0 saturated carbocycles. The molecule has 0 aromatic heterocycles. The zero-order valence-corrected chi connectivity index (χ0v) is 8.17. The first-order valence-corrected chi connectivity index (χ1v) is 3.97. The van der Waals surface area contributed by atoms with E-state index in [0.29, 0.717) is 0 Å². The van der Waals surface area contributed by atoms with E-state index in [1.165, 1.54) is 0 Å². The summed E-state index contributed by atoms with van der Waals surface area (Å²) in [6.07, 6.45) is -1.24. The largest absolute Gasteiger partial charge is 0.448 e. The predicted octanol–water partition coefficient (Wildman–Crippen LogP) is -2.18. The summed E-state index contributed by atoms with van der Waals surface area (Å²) in [7, 11) is 1.66. The lowest BCUT2D eigenvalue weighted by Gasteiger charge is -2.38. The third-order valence-corrected chi connectivity index (χ3v) is 1.74. The molecule has 5 N–H and O–H groups in total. The molecule has 1 aliphatic rings. The molecule has 0 bridgehead atoms. The third-order valence-electron chi connectivity index (χ3n) is 1.52. The van der Waals surface area contributed by atoms with Crippen molar-refractivity contribution in [2.75, 3.05) is 6.79 Å². The highest BCUT2D eigenvalue weighted by molar-refractivity contribution is 7.10. The number of ether oxygens (including phenoxy) is 2. The fourth-order valence-electron chi connectivity index (χ4n) is 0.879. The molecular weight excluding hydrogens is 213 g/mol. The van der Waals surface area contributed by atoms with E-state index in [2.05, 4.69) is 4.52 Å². The van der Waals surface area contributed by atoms with E-state index >= 15 is 0 Å². The molecule has 1 heterocycles. The normalized spacial score (nSPS) is 20.4. The summed E-state index contributed by atoms with van der Waals surface area (Å²) in [6.45, 7) is -0.0449. The summed E-state index contributed by atoms with van der Waals surface area (Å²) < 4.78 is 13.7. The molecule has 1 saturated heterocycles. The van der Waals surface area contributed by atoms with Crippen LogP contribution in [-0.2, 0) is 18.8 Å². The van der Waals surface area contributed by atoms with Crippen molar-refractivity contribution in [3.05, 3.63) is 0 Å². The minimum absolute atomic E-state index is 0.0449. The van der Waals surface area contributed by atoms with Gasteiger partial charge in [0.05, 0.1) is 9.47 Å². The van der Waals surface area contributed by atoms with Crippen molar-refractivity contribution in [1.29, 1.82) is 5.41 Å². The molecule has 2 unspecified atom stereocenters. The highest BCUT2D eigenvalue weighted by Crippen LogP contribution is 2.21. The van der Waals surface area contributed by atoms with Crippen molar-refractivity contribution >= 4 is 21.4 Å². The summed E-state index contributed by atoms with van der Waals surface area (Å²) >= 11 is 0. The molecule has 2 atom stereocenters. The Hall–Kier alpha value is -0.950. The number of rotatable bonds is 3.